The predicted octanol–water partition coefficient (Wildman–Crippen LogP) is 2.18. The standard InChI is InChI=1S/C12H14N4O2S/c1-7(2)10-14-6-8(9(15-10)11(17)18)19-12-13-4-5-16(12)3/h4-7H,1-3H3,(H,17,18). The summed E-state index contributed by atoms with van der Waals surface area (Å²) in [6, 6.07) is 0. The average molecular weight is 278 g/mol. The van der Waals surface area contributed by atoms with Gasteiger partial charge in [-0.2, -0.15) is 0 Å². The van der Waals surface area contributed by atoms with Crippen LogP contribution in [0.1, 0.15) is 36.1 Å². The van der Waals surface area contributed by atoms with E-state index in [2.05, 4.69) is 15.0 Å². The van der Waals surface area contributed by atoms with E-state index in [1.54, 1.807) is 18.6 Å². The Kier molecular flexibility index (Phi) is 3.84. The van der Waals surface area contributed by atoms with Crippen LogP contribution in [0.25, 0.3) is 0 Å². The Hall–Kier alpha value is -1.89. The molecule has 0 atom stereocenters. The Morgan fingerprint density at radius 2 is 2.16 bits per heavy atom. The molecule has 0 bridgehead atoms. The van der Waals surface area contributed by atoms with Gasteiger partial charge in [-0.25, -0.2) is 19.7 Å². The molecule has 0 saturated heterocycles. The normalized spacial score (nSPS) is 10.9. The second-order valence-electron chi connectivity index (χ2n) is 4.32. The minimum Gasteiger partial charge on any atom is -0.476 e. The van der Waals surface area contributed by atoms with Crippen LogP contribution in [0.4, 0.5) is 0 Å². The zero-order chi connectivity index (χ0) is 14.0. The molecule has 2 aromatic rings. The number of carbonyl (C=O) groups is 1. The van der Waals surface area contributed by atoms with E-state index in [0.29, 0.717) is 15.9 Å². The van der Waals surface area contributed by atoms with Crippen LogP contribution >= 0.6 is 11.8 Å². The first-order valence-electron chi connectivity index (χ1n) is 5.74. The Morgan fingerprint density at radius 1 is 1.42 bits per heavy atom. The molecule has 19 heavy (non-hydrogen) atoms. The van der Waals surface area contributed by atoms with E-state index < -0.39 is 5.97 Å². The number of aromatic carboxylic acids is 1. The molecule has 0 aliphatic rings. The molecule has 0 spiro atoms. The van der Waals surface area contributed by atoms with Crippen LogP contribution in [-0.2, 0) is 7.05 Å². The van der Waals surface area contributed by atoms with Crippen LogP contribution in [0.15, 0.2) is 28.6 Å². The largest absolute Gasteiger partial charge is 0.476 e. The fourth-order valence-electron chi connectivity index (χ4n) is 1.44. The quantitative estimate of drug-likeness (QED) is 0.923. The Bertz CT molecular complexity index is 610. The fourth-order valence-corrected chi connectivity index (χ4v) is 2.29. The third-order valence-corrected chi connectivity index (χ3v) is 3.57. The molecular weight excluding hydrogens is 264 g/mol. The average Bonchev–Trinajstić information content (AvgIpc) is 2.75. The van der Waals surface area contributed by atoms with E-state index in [-0.39, 0.29) is 11.6 Å². The molecule has 0 saturated carbocycles. The molecule has 0 unspecified atom stereocenters. The second-order valence-corrected chi connectivity index (χ2v) is 5.33. The Labute approximate surface area is 114 Å². The molecule has 0 radical (unpaired) electrons. The topological polar surface area (TPSA) is 80.9 Å². The lowest BCUT2D eigenvalue weighted by Crippen LogP contribution is -2.08. The van der Waals surface area contributed by atoms with Gasteiger partial charge in [0, 0.05) is 31.6 Å². The summed E-state index contributed by atoms with van der Waals surface area (Å²) < 4.78 is 1.81. The number of hydrogen-bond acceptors (Lipinski definition) is 5. The maximum atomic E-state index is 11.3. The van der Waals surface area contributed by atoms with E-state index in [1.165, 1.54) is 11.8 Å². The van der Waals surface area contributed by atoms with Gasteiger partial charge >= 0.3 is 5.97 Å². The van der Waals surface area contributed by atoms with Crippen molar-refractivity contribution in [2.45, 2.75) is 29.8 Å². The lowest BCUT2D eigenvalue weighted by Gasteiger charge is -2.08. The smallest absolute Gasteiger partial charge is 0.355 e. The first-order chi connectivity index (χ1) is 8.99. The summed E-state index contributed by atoms with van der Waals surface area (Å²) in [5.74, 6) is -0.437. The highest BCUT2D eigenvalue weighted by molar-refractivity contribution is 7.99. The first kappa shape index (κ1) is 13.5. The lowest BCUT2D eigenvalue weighted by molar-refractivity contribution is 0.0685. The zero-order valence-corrected chi connectivity index (χ0v) is 11.7. The van der Waals surface area contributed by atoms with Gasteiger partial charge in [0.15, 0.2) is 10.9 Å². The highest BCUT2D eigenvalue weighted by Gasteiger charge is 2.17. The van der Waals surface area contributed by atoms with Crippen LogP contribution in [0.3, 0.4) is 0 Å². The highest BCUT2D eigenvalue weighted by atomic mass is 32.2. The van der Waals surface area contributed by atoms with Crippen molar-refractivity contribution in [1.82, 2.24) is 19.5 Å². The van der Waals surface area contributed by atoms with E-state index in [0.717, 1.165) is 0 Å². The van der Waals surface area contributed by atoms with E-state index in [1.807, 2.05) is 25.5 Å². The number of carboxylic acid groups (broad SMARTS) is 1. The van der Waals surface area contributed by atoms with Crippen LogP contribution in [-0.4, -0.2) is 30.6 Å². The zero-order valence-electron chi connectivity index (χ0n) is 10.9. The van der Waals surface area contributed by atoms with Crippen LogP contribution in [0.5, 0.6) is 0 Å². The van der Waals surface area contributed by atoms with Crippen molar-refractivity contribution in [1.29, 1.82) is 0 Å². The molecule has 100 valence electrons. The van der Waals surface area contributed by atoms with Crippen molar-refractivity contribution in [3.05, 3.63) is 30.1 Å². The van der Waals surface area contributed by atoms with Crippen LogP contribution in [0.2, 0.25) is 0 Å². The van der Waals surface area contributed by atoms with Gasteiger partial charge in [0.1, 0.15) is 5.82 Å². The SMILES string of the molecule is CC(C)c1ncc(Sc2nccn2C)c(C(=O)O)n1. The lowest BCUT2D eigenvalue weighted by atomic mass is 10.2. The minimum atomic E-state index is -1.05. The summed E-state index contributed by atoms with van der Waals surface area (Å²) in [5, 5.41) is 9.94. The summed E-state index contributed by atoms with van der Waals surface area (Å²) in [6.07, 6.45) is 5.00. The monoisotopic (exact) mass is 278 g/mol. The number of nitrogens with zero attached hydrogens (tertiary/aromatic N) is 4. The Morgan fingerprint density at radius 3 is 2.68 bits per heavy atom. The van der Waals surface area contributed by atoms with E-state index in [9.17, 15) is 9.90 Å². The van der Waals surface area contributed by atoms with Gasteiger partial charge in [-0.15, -0.1) is 0 Å². The van der Waals surface area contributed by atoms with Crippen molar-refractivity contribution in [2.75, 3.05) is 0 Å². The van der Waals surface area contributed by atoms with Gasteiger partial charge in [-0.05, 0) is 11.8 Å². The van der Waals surface area contributed by atoms with Gasteiger partial charge in [-0.3, -0.25) is 0 Å². The second kappa shape index (κ2) is 5.40. The number of aryl methyl sites for hydroxylation is 1. The molecule has 1 N–H and O–H groups in total. The number of carboxylic acids is 1. The maximum absolute atomic E-state index is 11.3. The molecule has 2 aromatic heterocycles. The maximum Gasteiger partial charge on any atom is 0.355 e. The summed E-state index contributed by atoms with van der Waals surface area (Å²) >= 11 is 1.24. The third kappa shape index (κ3) is 2.93. The first-order valence-corrected chi connectivity index (χ1v) is 6.56. The number of rotatable bonds is 4. The molecule has 0 aliphatic heterocycles. The molecule has 0 amide bonds. The molecule has 0 aliphatic carbocycles. The number of hydrogen-bond donors (Lipinski definition) is 1. The summed E-state index contributed by atoms with van der Waals surface area (Å²) in [6.45, 7) is 3.85. The number of imidazole rings is 1. The van der Waals surface area contributed by atoms with Crippen molar-refractivity contribution in [3.63, 3.8) is 0 Å². The van der Waals surface area contributed by atoms with E-state index >= 15 is 0 Å². The minimum absolute atomic E-state index is 0.0201. The van der Waals surface area contributed by atoms with Crippen molar-refractivity contribution >= 4 is 17.7 Å². The molecule has 0 aromatic carbocycles. The third-order valence-electron chi connectivity index (χ3n) is 2.47. The molecule has 7 heteroatoms. The van der Waals surface area contributed by atoms with Crippen LogP contribution < -0.4 is 0 Å². The molecule has 2 heterocycles. The fraction of sp³-hybridized carbons (Fsp3) is 0.333. The van der Waals surface area contributed by atoms with Crippen molar-refractivity contribution < 1.29 is 9.90 Å². The van der Waals surface area contributed by atoms with E-state index in [4.69, 9.17) is 0 Å². The predicted molar refractivity (Wildman–Crippen MR) is 70.4 cm³/mol. The van der Waals surface area contributed by atoms with Gasteiger partial charge in [0.25, 0.3) is 0 Å². The summed E-state index contributed by atoms with van der Waals surface area (Å²) in [7, 11) is 1.85. The Balaban J connectivity index is 2.40. The van der Waals surface area contributed by atoms with Gasteiger partial charge < -0.3 is 9.67 Å². The summed E-state index contributed by atoms with van der Waals surface area (Å²) in [5.41, 5.74) is 0.0201. The molecular formula is C12H14N4O2S. The van der Waals surface area contributed by atoms with Gasteiger partial charge in [-0.1, -0.05) is 13.8 Å². The van der Waals surface area contributed by atoms with Crippen molar-refractivity contribution in [2.24, 2.45) is 7.05 Å². The molecule has 2 rings (SSSR count). The molecule has 0 fully saturated rings. The molecule has 6 nitrogen and oxygen atoms in total. The van der Waals surface area contributed by atoms with Gasteiger partial charge in [0.05, 0.1) is 4.90 Å². The summed E-state index contributed by atoms with van der Waals surface area (Å²) in [4.78, 5) is 24.2. The van der Waals surface area contributed by atoms with Gasteiger partial charge in [0.2, 0.25) is 0 Å². The number of aromatic nitrogens is 4. The van der Waals surface area contributed by atoms with Crippen LogP contribution in [0, 0.1) is 0 Å². The van der Waals surface area contributed by atoms with Crippen molar-refractivity contribution in [3.8, 4) is 0 Å². The highest BCUT2D eigenvalue weighted by Crippen LogP contribution is 2.28.